The molecule has 0 amide bonds. The maximum absolute atomic E-state index is 5.25. The summed E-state index contributed by atoms with van der Waals surface area (Å²) in [5.41, 5.74) is 0. The Bertz CT molecular complexity index is 160. The first-order chi connectivity index (χ1) is 7.58. The third-order valence-corrected chi connectivity index (χ3v) is 3.25. The second-order valence-corrected chi connectivity index (χ2v) is 4.65. The molecule has 3 heteroatoms. The van der Waals surface area contributed by atoms with Gasteiger partial charge in [-0.3, -0.25) is 0 Å². The summed E-state index contributed by atoms with van der Waals surface area (Å²) >= 11 is 0. The van der Waals surface area contributed by atoms with Crippen molar-refractivity contribution in [1.29, 1.82) is 0 Å². The highest BCUT2D eigenvalue weighted by atomic mass is 16.7. The molecule has 0 aromatic heterocycles. The van der Waals surface area contributed by atoms with Gasteiger partial charge in [-0.25, -0.2) is 0 Å². The zero-order valence-corrected chi connectivity index (χ0v) is 11.7. The third-order valence-electron chi connectivity index (χ3n) is 3.25. The van der Waals surface area contributed by atoms with Gasteiger partial charge < -0.3 is 14.8 Å². The molecule has 0 aliphatic heterocycles. The van der Waals surface area contributed by atoms with Crippen LogP contribution in [0.15, 0.2) is 0 Å². The van der Waals surface area contributed by atoms with Crippen LogP contribution in [0.3, 0.4) is 0 Å². The van der Waals surface area contributed by atoms with Crippen LogP contribution in [0, 0.1) is 5.92 Å². The minimum Gasteiger partial charge on any atom is -0.354 e. The van der Waals surface area contributed by atoms with E-state index in [9.17, 15) is 0 Å². The Morgan fingerprint density at radius 2 is 1.56 bits per heavy atom. The van der Waals surface area contributed by atoms with Crippen LogP contribution in [0.2, 0.25) is 0 Å². The van der Waals surface area contributed by atoms with Crippen molar-refractivity contribution in [2.24, 2.45) is 5.92 Å². The molecule has 0 spiro atoms. The summed E-state index contributed by atoms with van der Waals surface area (Å²) in [5.74, 6) is 0.771. The Labute approximate surface area is 101 Å². The van der Waals surface area contributed by atoms with Crippen LogP contribution in [0.1, 0.15) is 47.0 Å². The first kappa shape index (κ1) is 15.9. The molecule has 0 radical (unpaired) electrons. The van der Waals surface area contributed by atoms with Crippen molar-refractivity contribution in [2.45, 2.75) is 65.3 Å². The van der Waals surface area contributed by atoms with Crippen LogP contribution in [0.25, 0.3) is 0 Å². The fourth-order valence-electron chi connectivity index (χ4n) is 1.96. The van der Waals surface area contributed by atoms with Crippen LogP contribution < -0.4 is 5.32 Å². The number of nitrogens with one attached hydrogen (secondary N) is 1. The standard InChI is InChI=1S/C13H29NO2/c1-7-10(3)9-12(8-2)14-11(4)13(15-5)16-6/h10-14H,7-9H2,1-6H3. The van der Waals surface area contributed by atoms with Gasteiger partial charge in [0.25, 0.3) is 0 Å². The Balaban J connectivity index is 4.09. The van der Waals surface area contributed by atoms with Crippen LogP contribution in [-0.4, -0.2) is 32.6 Å². The van der Waals surface area contributed by atoms with Gasteiger partial charge in [0.15, 0.2) is 6.29 Å². The van der Waals surface area contributed by atoms with Crippen molar-refractivity contribution in [3.8, 4) is 0 Å². The zero-order valence-electron chi connectivity index (χ0n) is 11.7. The van der Waals surface area contributed by atoms with Crippen LogP contribution >= 0.6 is 0 Å². The average Bonchev–Trinajstić information content (AvgIpc) is 2.29. The molecular formula is C13H29NO2. The van der Waals surface area contributed by atoms with Gasteiger partial charge in [0.2, 0.25) is 0 Å². The van der Waals surface area contributed by atoms with E-state index in [1.807, 2.05) is 0 Å². The fourth-order valence-corrected chi connectivity index (χ4v) is 1.96. The SMILES string of the molecule is CCC(C)CC(CC)NC(C)C(OC)OC. The van der Waals surface area contributed by atoms with Gasteiger partial charge in [0.05, 0.1) is 6.04 Å². The molecule has 0 fully saturated rings. The molecule has 0 saturated carbocycles. The molecule has 0 rings (SSSR count). The summed E-state index contributed by atoms with van der Waals surface area (Å²) < 4.78 is 10.5. The molecule has 98 valence electrons. The molecule has 16 heavy (non-hydrogen) atoms. The van der Waals surface area contributed by atoms with E-state index in [4.69, 9.17) is 9.47 Å². The lowest BCUT2D eigenvalue weighted by atomic mass is 9.97. The fraction of sp³-hybridized carbons (Fsp3) is 1.00. The molecule has 3 unspecified atom stereocenters. The average molecular weight is 231 g/mol. The Kier molecular flexibility index (Phi) is 8.90. The molecule has 0 aromatic carbocycles. The van der Waals surface area contributed by atoms with Gasteiger partial charge in [-0.05, 0) is 25.7 Å². The van der Waals surface area contributed by atoms with Crippen molar-refractivity contribution in [3.05, 3.63) is 0 Å². The summed E-state index contributed by atoms with van der Waals surface area (Å²) in [6.07, 6.45) is 3.45. The molecule has 0 aliphatic carbocycles. The van der Waals surface area contributed by atoms with Crippen molar-refractivity contribution >= 4 is 0 Å². The smallest absolute Gasteiger partial charge is 0.171 e. The van der Waals surface area contributed by atoms with Crippen LogP contribution in [-0.2, 0) is 9.47 Å². The van der Waals surface area contributed by atoms with Crippen LogP contribution in [0.5, 0.6) is 0 Å². The first-order valence-corrected chi connectivity index (χ1v) is 6.40. The number of hydrogen-bond donors (Lipinski definition) is 1. The minimum absolute atomic E-state index is 0.161. The van der Waals surface area contributed by atoms with Crippen molar-refractivity contribution in [2.75, 3.05) is 14.2 Å². The largest absolute Gasteiger partial charge is 0.354 e. The maximum Gasteiger partial charge on any atom is 0.171 e. The van der Waals surface area contributed by atoms with Gasteiger partial charge in [0.1, 0.15) is 0 Å². The second-order valence-electron chi connectivity index (χ2n) is 4.65. The summed E-state index contributed by atoms with van der Waals surface area (Å²) in [4.78, 5) is 0. The van der Waals surface area contributed by atoms with E-state index in [1.54, 1.807) is 14.2 Å². The highest BCUT2D eigenvalue weighted by molar-refractivity contribution is 4.74. The molecule has 3 atom stereocenters. The maximum atomic E-state index is 5.25. The molecule has 0 bridgehead atoms. The molecule has 1 N–H and O–H groups in total. The van der Waals surface area contributed by atoms with Crippen molar-refractivity contribution in [1.82, 2.24) is 5.32 Å². The van der Waals surface area contributed by atoms with Crippen molar-refractivity contribution in [3.63, 3.8) is 0 Å². The van der Waals surface area contributed by atoms with E-state index in [0.29, 0.717) is 6.04 Å². The molecule has 3 nitrogen and oxygen atoms in total. The lowest BCUT2D eigenvalue weighted by Crippen LogP contribution is -2.45. The molecular weight excluding hydrogens is 202 g/mol. The third kappa shape index (κ3) is 5.83. The predicted octanol–water partition coefficient (Wildman–Crippen LogP) is 2.80. The lowest BCUT2D eigenvalue weighted by Gasteiger charge is -2.28. The van der Waals surface area contributed by atoms with E-state index in [-0.39, 0.29) is 12.3 Å². The number of ether oxygens (including phenoxy) is 2. The minimum atomic E-state index is -0.161. The Morgan fingerprint density at radius 3 is 1.94 bits per heavy atom. The Hall–Kier alpha value is -0.120. The highest BCUT2D eigenvalue weighted by Gasteiger charge is 2.19. The zero-order chi connectivity index (χ0) is 12.6. The summed E-state index contributed by atoms with van der Waals surface area (Å²) in [6.45, 7) is 8.88. The molecule has 0 aromatic rings. The van der Waals surface area contributed by atoms with E-state index in [1.165, 1.54) is 12.8 Å². The predicted molar refractivity (Wildman–Crippen MR) is 68.6 cm³/mol. The van der Waals surface area contributed by atoms with Gasteiger partial charge in [-0.2, -0.15) is 0 Å². The van der Waals surface area contributed by atoms with Gasteiger partial charge >= 0.3 is 0 Å². The quantitative estimate of drug-likeness (QED) is 0.619. The monoisotopic (exact) mass is 231 g/mol. The van der Waals surface area contributed by atoms with E-state index in [2.05, 4.69) is 33.0 Å². The van der Waals surface area contributed by atoms with Gasteiger partial charge in [-0.1, -0.05) is 27.2 Å². The summed E-state index contributed by atoms with van der Waals surface area (Å²) in [7, 11) is 3.37. The Morgan fingerprint density at radius 1 is 1.00 bits per heavy atom. The first-order valence-electron chi connectivity index (χ1n) is 6.40. The van der Waals surface area contributed by atoms with Crippen LogP contribution in [0.4, 0.5) is 0 Å². The second kappa shape index (κ2) is 8.97. The summed E-state index contributed by atoms with van der Waals surface area (Å²) in [5, 5.41) is 3.58. The van der Waals surface area contributed by atoms with Gasteiger partial charge in [0, 0.05) is 20.3 Å². The molecule has 0 aliphatic rings. The van der Waals surface area contributed by atoms with E-state index >= 15 is 0 Å². The molecule has 0 saturated heterocycles. The van der Waals surface area contributed by atoms with Crippen molar-refractivity contribution < 1.29 is 9.47 Å². The summed E-state index contributed by atoms with van der Waals surface area (Å²) in [6, 6.07) is 0.779. The molecule has 0 heterocycles. The van der Waals surface area contributed by atoms with Gasteiger partial charge in [-0.15, -0.1) is 0 Å². The highest BCUT2D eigenvalue weighted by Crippen LogP contribution is 2.13. The number of methoxy groups -OCH3 is 2. The lowest BCUT2D eigenvalue weighted by molar-refractivity contribution is -0.121. The van der Waals surface area contributed by atoms with E-state index < -0.39 is 0 Å². The number of hydrogen-bond acceptors (Lipinski definition) is 3. The normalized spacial score (nSPS) is 17.4. The topological polar surface area (TPSA) is 30.5 Å². The van der Waals surface area contributed by atoms with E-state index in [0.717, 1.165) is 12.3 Å². The number of rotatable bonds is 9.